The normalized spacial score (nSPS) is 13.9. The van der Waals surface area contributed by atoms with E-state index in [-0.39, 0.29) is 18.6 Å². The van der Waals surface area contributed by atoms with Gasteiger partial charge in [-0.15, -0.1) is 0 Å². The summed E-state index contributed by atoms with van der Waals surface area (Å²) in [6.45, 7) is 2.09. The molecule has 2 aromatic rings. The molecule has 0 aliphatic heterocycles. The summed E-state index contributed by atoms with van der Waals surface area (Å²) in [6.07, 6.45) is -0.126. The zero-order valence-electron chi connectivity index (χ0n) is 10.5. The molecular formula is C16H18O2. The first-order valence-corrected chi connectivity index (χ1v) is 6.19. The van der Waals surface area contributed by atoms with Gasteiger partial charge in [-0.25, -0.2) is 0 Å². The minimum Gasteiger partial charge on any atom is -0.485 e. The lowest BCUT2D eigenvalue weighted by Gasteiger charge is -2.24. The van der Waals surface area contributed by atoms with Gasteiger partial charge >= 0.3 is 0 Å². The molecule has 0 saturated carbocycles. The molecule has 0 saturated heterocycles. The Hall–Kier alpha value is -1.80. The van der Waals surface area contributed by atoms with Crippen molar-refractivity contribution in [2.24, 2.45) is 5.92 Å². The molecular weight excluding hydrogens is 224 g/mol. The minimum absolute atomic E-state index is 0.0487. The van der Waals surface area contributed by atoms with Crippen LogP contribution >= 0.6 is 0 Å². The molecule has 0 fully saturated rings. The largest absolute Gasteiger partial charge is 0.485 e. The molecule has 2 nitrogen and oxygen atoms in total. The number of hydrogen-bond donors (Lipinski definition) is 1. The highest BCUT2D eigenvalue weighted by Gasteiger charge is 2.20. The predicted octanol–water partition coefficient (Wildman–Crippen LogP) is 3.44. The van der Waals surface area contributed by atoms with Crippen molar-refractivity contribution in [1.29, 1.82) is 0 Å². The maximum atomic E-state index is 9.36. The Morgan fingerprint density at radius 3 is 2.06 bits per heavy atom. The van der Waals surface area contributed by atoms with Gasteiger partial charge in [-0.1, -0.05) is 55.5 Å². The van der Waals surface area contributed by atoms with Crippen molar-refractivity contribution < 1.29 is 9.84 Å². The summed E-state index contributed by atoms with van der Waals surface area (Å²) in [7, 11) is 0. The van der Waals surface area contributed by atoms with E-state index in [1.807, 2.05) is 67.6 Å². The number of benzene rings is 2. The fourth-order valence-electron chi connectivity index (χ4n) is 1.90. The van der Waals surface area contributed by atoms with Crippen molar-refractivity contribution in [1.82, 2.24) is 0 Å². The van der Waals surface area contributed by atoms with Crippen LogP contribution in [0.2, 0.25) is 0 Å². The number of aliphatic hydroxyl groups is 1. The molecule has 0 aromatic heterocycles. The van der Waals surface area contributed by atoms with E-state index in [1.54, 1.807) is 0 Å². The Kier molecular flexibility index (Phi) is 4.37. The quantitative estimate of drug-likeness (QED) is 0.870. The van der Waals surface area contributed by atoms with Gasteiger partial charge in [0.2, 0.25) is 0 Å². The van der Waals surface area contributed by atoms with Crippen LogP contribution in [0.5, 0.6) is 5.75 Å². The van der Waals surface area contributed by atoms with Crippen LogP contribution in [0.3, 0.4) is 0 Å². The van der Waals surface area contributed by atoms with Crippen LogP contribution in [0.1, 0.15) is 18.6 Å². The van der Waals surface area contributed by atoms with Crippen molar-refractivity contribution in [3.63, 3.8) is 0 Å². The predicted molar refractivity (Wildman–Crippen MR) is 72.5 cm³/mol. The topological polar surface area (TPSA) is 29.5 Å². The Morgan fingerprint density at radius 1 is 0.944 bits per heavy atom. The summed E-state index contributed by atoms with van der Waals surface area (Å²) < 4.78 is 5.99. The lowest BCUT2D eigenvalue weighted by atomic mass is 9.98. The Bertz CT molecular complexity index is 453. The smallest absolute Gasteiger partial charge is 0.128 e. The summed E-state index contributed by atoms with van der Waals surface area (Å²) in [4.78, 5) is 0. The zero-order valence-corrected chi connectivity index (χ0v) is 10.5. The maximum Gasteiger partial charge on any atom is 0.128 e. The first kappa shape index (κ1) is 12.7. The van der Waals surface area contributed by atoms with Gasteiger partial charge in [0.25, 0.3) is 0 Å². The van der Waals surface area contributed by atoms with Crippen molar-refractivity contribution >= 4 is 0 Å². The van der Waals surface area contributed by atoms with E-state index in [9.17, 15) is 5.11 Å². The fourth-order valence-corrected chi connectivity index (χ4v) is 1.90. The third-order valence-electron chi connectivity index (χ3n) is 2.94. The van der Waals surface area contributed by atoms with Gasteiger partial charge in [0, 0.05) is 12.5 Å². The monoisotopic (exact) mass is 242 g/mol. The number of hydrogen-bond acceptors (Lipinski definition) is 2. The van der Waals surface area contributed by atoms with E-state index in [4.69, 9.17) is 4.74 Å². The van der Waals surface area contributed by atoms with E-state index < -0.39 is 0 Å². The molecule has 0 bridgehead atoms. The average Bonchev–Trinajstić information content (AvgIpc) is 2.46. The number of rotatable bonds is 5. The summed E-state index contributed by atoms with van der Waals surface area (Å²) in [5.41, 5.74) is 1.09. The highest BCUT2D eigenvalue weighted by molar-refractivity contribution is 5.24. The minimum atomic E-state index is -0.126. The van der Waals surface area contributed by atoms with Crippen molar-refractivity contribution in [2.75, 3.05) is 6.61 Å². The van der Waals surface area contributed by atoms with Crippen LogP contribution in [0.4, 0.5) is 0 Å². The van der Waals surface area contributed by atoms with Gasteiger partial charge in [-0.05, 0) is 17.7 Å². The molecule has 2 aromatic carbocycles. The van der Waals surface area contributed by atoms with E-state index in [0.717, 1.165) is 11.3 Å². The second-order valence-corrected chi connectivity index (χ2v) is 4.42. The van der Waals surface area contributed by atoms with Gasteiger partial charge in [0.15, 0.2) is 0 Å². The zero-order chi connectivity index (χ0) is 12.8. The molecule has 94 valence electrons. The Balaban J connectivity index is 2.21. The average molecular weight is 242 g/mol. The molecule has 18 heavy (non-hydrogen) atoms. The molecule has 1 N–H and O–H groups in total. The van der Waals surface area contributed by atoms with Gasteiger partial charge in [-0.2, -0.15) is 0 Å². The van der Waals surface area contributed by atoms with Crippen LogP contribution in [-0.4, -0.2) is 11.7 Å². The van der Waals surface area contributed by atoms with Gasteiger partial charge in [0.1, 0.15) is 11.9 Å². The molecule has 0 radical (unpaired) electrons. The third-order valence-corrected chi connectivity index (χ3v) is 2.94. The number of ether oxygens (including phenoxy) is 1. The lowest BCUT2D eigenvalue weighted by Crippen LogP contribution is -2.19. The molecule has 0 spiro atoms. The van der Waals surface area contributed by atoms with Gasteiger partial charge < -0.3 is 9.84 Å². The summed E-state index contributed by atoms with van der Waals surface area (Å²) in [6, 6.07) is 19.7. The maximum absolute atomic E-state index is 9.36. The van der Waals surface area contributed by atoms with Crippen LogP contribution < -0.4 is 4.74 Å². The standard InChI is InChI=1S/C16H18O2/c1-13(12-17)16(14-8-4-2-5-9-14)18-15-10-6-3-7-11-15/h2-11,13,16-17H,12H2,1H3/t13-,16-/m1/s1. The Labute approximate surface area is 108 Å². The van der Waals surface area contributed by atoms with Crippen LogP contribution in [0, 0.1) is 5.92 Å². The van der Waals surface area contributed by atoms with Crippen LogP contribution in [0.15, 0.2) is 60.7 Å². The second-order valence-electron chi connectivity index (χ2n) is 4.42. The molecule has 0 aliphatic carbocycles. The summed E-state index contributed by atoms with van der Waals surface area (Å²) in [5.74, 6) is 0.874. The molecule has 2 heteroatoms. The molecule has 2 rings (SSSR count). The van der Waals surface area contributed by atoms with Crippen LogP contribution in [0.25, 0.3) is 0 Å². The first-order valence-electron chi connectivity index (χ1n) is 6.19. The first-order chi connectivity index (χ1) is 8.81. The summed E-state index contributed by atoms with van der Waals surface area (Å²) in [5, 5.41) is 9.36. The van der Waals surface area contributed by atoms with E-state index in [2.05, 4.69) is 0 Å². The van der Waals surface area contributed by atoms with Crippen LogP contribution in [-0.2, 0) is 0 Å². The van der Waals surface area contributed by atoms with Gasteiger partial charge in [-0.3, -0.25) is 0 Å². The lowest BCUT2D eigenvalue weighted by molar-refractivity contribution is 0.0968. The third kappa shape index (κ3) is 3.11. The van der Waals surface area contributed by atoms with Crippen molar-refractivity contribution in [3.05, 3.63) is 66.2 Å². The Morgan fingerprint density at radius 2 is 1.50 bits per heavy atom. The molecule has 0 unspecified atom stereocenters. The van der Waals surface area contributed by atoms with Crippen molar-refractivity contribution in [2.45, 2.75) is 13.0 Å². The summed E-state index contributed by atoms with van der Waals surface area (Å²) >= 11 is 0. The highest BCUT2D eigenvalue weighted by atomic mass is 16.5. The van der Waals surface area contributed by atoms with Gasteiger partial charge in [0.05, 0.1) is 0 Å². The molecule has 2 atom stereocenters. The number of aliphatic hydroxyl groups excluding tert-OH is 1. The fraction of sp³-hybridized carbons (Fsp3) is 0.250. The van der Waals surface area contributed by atoms with E-state index in [1.165, 1.54) is 0 Å². The molecule has 0 heterocycles. The SMILES string of the molecule is C[C@H](CO)[C@@H](Oc1ccccc1)c1ccccc1. The van der Waals surface area contributed by atoms with E-state index in [0.29, 0.717) is 0 Å². The second kappa shape index (κ2) is 6.22. The van der Waals surface area contributed by atoms with Crippen molar-refractivity contribution in [3.8, 4) is 5.75 Å². The molecule has 0 aliphatic rings. The molecule has 0 amide bonds. The van der Waals surface area contributed by atoms with E-state index >= 15 is 0 Å². The number of para-hydroxylation sites is 1. The highest BCUT2D eigenvalue weighted by Crippen LogP contribution is 2.27.